The maximum atomic E-state index is 4.30. The molecule has 4 nitrogen and oxygen atoms in total. The van der Waals surface area contributed by atoms with E-state index in [-0.39, 0.29) is 0 Å². The van der Waals surface area contributed by atoms with Crippen LogP contribution in [0.2, 0.25) is 0 Å². The van der Waals surface area contributed by atoms with Crippen molar-refractivity contribution in [1.29, 1.82) is 0 Å². The van der Waals surface area contributed by atoms with Gasteiger partial charge in [-0.15, -0.1) is 0 Å². The van der Waals surface area contributed by atoms with Crippen LogP contribution in [0.25, 0.3) is 0 Å². The van der Waals surface area contributed by atoms with Gasteiger partial charge in [-0.1, -0.05) is 13.8 Å². The fraction of sp³-hybridized carbons (Fsp3) is 0.667. The number of nitrogens with zero attached hydrogens (tertiary/aromatic N) is 4. The van der Waals surface area contributed by atoms with Gasteiger partial charge in [0.15, 0.2) is 0 Å². The molecule has 2 fully saturated rings. The van der Waals surface area contributed by atoms with Gasteiger partial charge in [0.25, 0.3) is 0 Å². The third-order valence-corrected chi connectivity index (χ3v) is 3.34. The highest BCUT2D eigenvalue weighted by Crippen LogP contribution is 2.40. The van der Waals surface area contributed by atoms with Crippen LogP contribution in [0.1, 0.15) is 20.3 Å². The molecule has 1 aromatic rings. The first kappa shape index (κ1) is 11.3. The minimum atomic E-state index is 0.406. The third kappa shape index (κ3) is 1.67. The molecular weight excluding hydrogens is 200 g/mol. The van der Waals surface area contributed by atoms with Crippen molar-refractivity contribution >= 4 is 5.82 Å². The van der Waals surface area contributed by atoms with Gasteiger partial charge in [-0.05, 0) is 19.5 Å². The largest absolute Gasteiger partial charge is 0.348 e. The van der Waals surface area contributed by atoms with Crippen molar-refractivity contribution < 1.29 is 0 Å². The molecule has 3 heterocycles. The average molecular weight is 220 g/mol. The van der Waals surface area contributed by atoms with Gasteiger partial charge in [-0.3, -0.25) is 0 Å². The summed E-state index contributed by atoms with van der Waals surface area (Å²) in [5, 5.41) is 0. The lowest BCUT2D eigenvalue weighted by molar-refractivity contribution is 0.0461. The van der Waals surface area contributed by atoms with Gasteiger partial charge in [-0.2, -0.15) is 0 Å². The first-order valence-corrected chi connectivity index (χ1v) is 6.02. The smallest absolute Gasteiger partial charge is 0.132 e. The molecule has 0 atom stereocenters. The molecule has 0 aliphatic carbocycles. The maximum absolute atomic E-state index is 4.30. The second kappa shape index (κ2) is 4.37. The quantitative estimate of drug-likeness (QED) is 0.716. The van der Waals surface area contributed by atoms with E-state index in [1.165, 1.54) is 19.5 Å². The Bertz CT molecular complexity index is 332. The van der Waals surface area contributed by atoms with Crippen LogP contribution < -0.4 is 4.90 Å². The van der Waals surface area contributed by atoms with E-state index in [4.69, 9.17) is 0 Å². The Morgan fingerprint density at radius 3 is 2.50 bits per heavy atom. The number of likely N-dealkylation sites (tertiary alicyclic amines) is 1. The summed E-state index contributed by atoms with van der Waals surface area (Å²) in [5.41, 5.74) is 0.406. The zero-order chi connectivity index (χ0) is 11.6. The molecule has 4 heteroatoms. The maximum Gasteiger partial charge on any atom is 0.132 e. The van der Waals surface area contributed by atoms with Crippen molar-refractivity contribution in [3.05, 3.63) is 18.6 Å². The van der Waals surface area contributed by atoms with E-state index >= 15 is 0 Å². The van der Waals surface area contributed by atoms with Crippen LogP contribution in [0.3, 0.4) is 0 Å². The first-order valence-electron chi connectivity index (χ1n) is 6.02. The fourth-order valence-corrected chi connectivity index (χ4v) is 2.63. The Kier molecular flexibility index (Phi) is 3.10. The summed E-state index contributed by atoms with van der Waals surface area (Å²) < 4.78 is 0. The number of hydrogen-bond acceptors (Lipinski definition) is 4. The Morgan fingerprint density at radius 2 is 2.06 bits per heavy atom. The molecule has 2 aliphatic heterocycles. The molecule has 0 radical (unpaired) electrons. The van der Waals surface area contributed by atoms with Gasteiger partial charge in [0.05, 0.1) is 5.54 Å². The number of hydrogen-bond donors (Lipinski definition) is 0. The van der Waals surface area contributed by atoms with Gasteiger partial charge in [0, 0.05) is 25.8 Å². The second-order valence-corrected chi connectivity index (χ2v) is 4.37. The Balaban J connectivity index is 0.000000457. The van der Waals surface area contributed by atoms with Crippen LogP contribution in [-0.4, -0.2) is 47.1 Å². The first-order chi connectivity index (χ1) is 7.80. The molecule has 2 saturated heterocycles. The second-order valence-electron chi connectivity index (χ2n) is 4.37. The number of likely N-dealkylation sites (N-methyl/N-ethyl adjacent to an activating group) is 1. The molecule has 1 aromatic heterocycles. The highest BCUT2D eigenvalue weighted by Gasteiger charge is 2.52. The predicted octanol–water partition coefficient (Wildman–Crippen LogP) is 1.40. The van der Waals surface area contributed by atoms with E-state index in [0.717, 1.165) is 12.4 Å². The molecule has 0 unspecified atom stereocenters. The molecule has 0 saturated carbocycles. The highest BCUT2D eigenvalue weighted by atomic mass is 15.4. The average Bonchev–Trinajstić information content (AvgIpc) is 2.27. The molecule has 3 rings (SSSR count). The molecule has 2 aliphatic rings. The van der Waals surface area contributed by atoms with E-state index in [9.17, 15) is 0 Å². The van der Waals surface area contributed by atoms with Crippen molar-refractivity contribution in [2.75, 3.05) is 31.6 Å². The Hall–Kier alpha value is -1.16. The van der Waals surface area contributed by atoms with E-state index < -0.39 is 0 Å². The summed E-state index contributed by atoms with van der Waals surface area (Å²) >= 11 is 0. The SMILES string of the molecule is CC.CN1CC2(CCN2c2ccncn2)C1. The minimum Gasteiger partial charge on any atom is -0.348 e. The van der Waals surface area contributed by atoms with Crippen LogP contribution in [0.4, 0.5) is 5.82 Å². The summed E-state index contributed by atoms with van der Waals surface area (Å²) in [6.07, 6.45) is 4.75. The summed E-state index contributed by atoms with van der Waals surface area (Å²) in [6, 6.07) is 2.00. The van der Waals surface area contributed by atoms with Crippen molar-refractivity contribution in [1.82, 2.24) is 14.9 Å². The number of anilines is 1. The van der Waals surface area contributed by atoms with Crippen LogP contribution in [0, 0.1) is 0 Å². The lowest BCUT2D eigenvalue weighted by Gasteiger charge is -2.62. The normalized spacial score (nSPS) is 21.8. The van der Waals surface area contributed by atoms with Crippen molar-refractivity contribution in [3.63, 3.8) is 0 Å². The standard InChI is InChI=1S/C10H14N4.C2H6/c1-13-6-10(7-13)3-5-14(10)9-2-4-11-8-12-9;1-2/h2,4,8H,3,5-7H2,1H3;1-2H3. The summed E-state index contributed by atoms with van der Waals surface area (Å²) in [7, 11) is 2.17. The topological polar surface area (TPSA) is 32.3 Å². The Morgan fingerprint density at radius 1 is 1.31 bits per heavy atom. The zero-order valence-corrected chi connectivity index (χ0v) is 10.3. The number of aromatic nitrogens is 2. The third-order valence-electron chi connectivity index (χ3n) is 3.34. The van der Waals surface area contributed by atoms with Gasteiger partial charge in [0.2, 0.25) is 0 Å². The van der Waals surface area contributed by atoms with Gasteiger partial charge in [0.1, 0.15) is 12.1 Å². The summed E-state index contributed by atoms with van der Waals surface area (Å²) in [5.74, 6) is 1.08. The zero-order valence-electron chi connectivity index (χ0n) is 10.3. The van der Waals surface area contributed by atoms with Crippen LogP contribution in [0.5, 0.6) is 0 Å². The summed E-state index contributed by atoms with van der Waals surface area (Å²) in [4.78, 5) is 13.0. The highest BCUT2D eigenvalue weighted by molar-refractivity contribution is 5.47. The van der Waals surface area contributed by atoms with Crippen molar-refractivity contribution in [2.24, 2.45) is 0 Å². The minimum absolute atomic E-state index is 0.406. The lowest BCUT2D eigenvalue weighted by Crippen LogP contribution is -2.76. The molecule has 0 N–H and O–H groups in total. The van der Waals surface area contributed by atoms with Crippen molar-refractivity contribution in [2.45, 2.75) is 25.8 Å². The van der Waals surface area contributed by atoms with Crippen molar-refractivity contribution in [3.8, 4) is 0 Å². The van der Waals surface area contributed by atoms with Crippen LogP contribution >= 0.6 is 0 Å². The van der Waals surface area contributed by atoms with Crippen LogP contribution in [0.15, 0.2) is 18.6 Å². The molecule has 0 aromatic carbocycles. The Labute approximate surface area is 97.3 Å². The van der Waals surface area contributed by atoms with Gasteiger partial charge < -0.3 is 9.80 Å². The molecule has 0 bridgehead atoms. The molecule has 88 valence electrons. The number of rotatable bonds is 1. The van der Waals surface area contributed by atoms with E-state index in [1.807, 2.05) is 26.1 Å². The van der Waals surface area contributed by atoms with E-state index in [0.29, 0.717) is 5.54 Å². The molecule has 16 heavy (non-hydrogen) atoms. The van der Waals surface area contributed by atoms with Gasteiger partial charge in [-0.25, -0.2) is 9.97 Å². The summed E-state index contributed by atoms with van der Waals surface area (Å²) in [6.45, 7) is 7.50. The fourth-order valence-electron chi connectivity index (χ4n) is 2.63. The lowest BCUT2D eigenvalue weighted by atomic mass is 9.78. The van der Waals surface area contributed by atoms with E-state index in [2.05, 4.69) is 26.8 Å². The molecular formula is C12H20N4. The predicted molar refractivity (Wildman–Crippen MR) is 65.6 cm³/mol. The molecule has 0 amide bonds. The van der Waals surface area contributed by atoms with Crippen LogP contribution in [-0.2, 0) is 0 Å². The molecule has 1 spiro atoms. The van der Waals surface area contributed by atoms with Gasteiger partial charge >= 0.3 is 0 Å². The monoisotopic (exact) mass is 220 g/mol. The van der Waals surface area contributed by atoms with E-state index in [1.54, 1.807) is 6.33 Å².